The molecule has 5 aromatic rings. The van der Waals surface area contributed by atoms with Gasteiger partial charge in [-0.15, -0.1) is 6.58 Å². The standard InChI is InChI=1S/C44H46O6/c1-2-28-45-39-40(46-29-34-18-8-3-9-19-34)42(48-31-36-22-12-5-13-23-36)44(50-33-38-26-16-7-17-27-38)43(49-32-37-24-14-6-15-25-37)41(39)47-30-35-20-10-4-11-21-35/h2-27,39-44H,1,28-33H2/t39-,40?,41?,42?,43?,44-. The van der Waals surface area contributed by atoms with E-state index < -0.39 is 36.6 Å². The lowest BCUT2D eigenvalue weighted by Crippen LogP contribution is -2.67. The van der Waals surface area contributed by atoms with Gasteiger partial charge in [0.05, 0.1) is 39.6 Å². The summed E-state index contributed by atoms with van der Waals surface area (Å²) in [6.45, 7) is 6.05. The van der Waals surface area contributed by atoms with Crippen LogP contribution >= 0.6 is 0 Å². The maximum Gasteiger partial charge on any atom is 0.116 e. The molecule has 0 aromatic heterocycles. The Morgan fingerprint density at radius 1 is 0.320 bits per heavy atom. The van der Waals surface area contributed by atoms with E-state index in [2.05, 4.69) is 67.2 Å². The Hall–Kier alpha value is -4.40. The lowest BCUT2D eigenvalue weighted by atomic mass is 9.83. The molecule has 0 aliphatic heterocycles. The first-order valence-corrected chi connectivity index (χ1v) is 17.3. The van der Waals surface area contributed by atoms with Crippen LogP contribution in [-0.4, -0.2) is 43.2 Å². The fourth-order valence-corrected chi connectivity index (χ4v) is 6.27. The zero-order chi connectivity index (χ0) is 34.2. The minimum absolute atomic E-state index is 0.299. The third-order valence-corrected chi connectivity index (χ3v) is 8.78. The summed E-state index contributed by atoms with van der Waals surface area (Å²) in [5, 5.41) is 0. The van der Waals surface area contributed by atoms with Gasteiger partial charge in [-0.3, -0.25) is 0 Å². The van der Waals surface area contributed by atoms with Crippen molar-refractivity contribution in [3.63, 3.8) is 0 Å². The Bertz CT molecular complexity index is 1550. The molecule has 5 aromatic carbocycles. The van der Waals surface area contributed by atoms with Crippen LogP contribution in [0.25, 0.3) is 0 Å². The number of benzene rings is 5. The second-order valence-electron chi connectivity index (χ2n) is 12.4. The van der Waals surface area contributed by atoms with E-state index >= 15 is 0 Å². The van der Waals surface area contributed by atoms with Gasteiger partial charge in [0, 0.05) is 0 Å². The molecule has 6 nitrogen and oxygen atoms in total. The molecule has 0 bridgehead atoms. The van der Waals surface area contributed by atoms with Gasteiger partial charge < -0.3 is 28.4 Å². The van der Waals surface area contributed by atoms with Crippen molar-refractivity contribution in [2.75, 3.05) is 6.61 Å². The highest BCUT2D eigenvalue weighted by molar-refractivity contribution is 5.18. The van der Waals surface area contributed by atoms with Crippen molar-refractivity contribution < 1.29 is 28.4 Å². The molecule has 6 rings (SSSR count). The summed E-state index contributed by atoms with van der Waals surface area (Å²) in [6.07, 6.45) is -1.69. The molecule has 0 N–H and O–H groups in total. The van der Waals surface area contributed by atoms with Gasteiger partial charge in [-0.1, -0.05) is 158 Å². The van der Waals surface area contributed by atoms with E-state index in [0.717, 1.165) is 27.8 Å². The summed E-state index contributed by atoms with van der Waals surface area (Å²) < 4.78 is 41.0. The van der Waals surface area contributed by atoms with Crippen molar-refractivity contribution >= 4 is 0 Å². The molecule has 4 unspecified atom stereocenters. The molecule has 4 atom stereocenters. The molecule has 0 saturated heterocycles. The number of hydrogen-bond donors (Lipinski definition) is 0. The van der Waals surface area contributed by atoms with E-state index in [1.165, 1.54) is 0 Å². The zero-order valence-electron chi connectivity index (χ0n) is 28.4. The third kappa shape index (κ3) is 10.1. The number of hydrogen-bond acceptors (Lipinski definition) is 6. The quantitative estimate of drug-likeness (QED) is 0.0872. The van der Waals surface area contributed by atoms with E-state index in [-0.39, 0.29) is 0 Å². The summed E-state index contributed by atoms with van der Waals surface area (Å²) in [5.41, 5.74) is 5.22. The molecule has 1 aliphatic carbocycles. The zero-order valence-corrected chi connectivity index (χ0v) is 28.4. The van der Waals surface area contributed by atoms with Crippen LogP contribution in [0, 0.1) is 0 Å². The Kier molecular flexibility index (Phi) is 13.5. The van der Waals surface area contributed by atoms with E-state index in [4.69, 9.17) is 28.4 Å². The van der Waals surface area contributed by atoms with E-state index in [9.17, 15) is 0 Å². The maximum absolute atomic E-state index is 6.90. The molecular weight excluding hydrogens is 624 g/mol. The summed E-state index contributed by atoms with van der Waals surface area (Å²) in [4.78, 5) is 0. The molecule has 1 saturated carbocycles. The molecule has 0 spiro atoms. The first-order valence-electron chi connectivity index (χ1n) is 17.3. The highest BCUT2D eigenvalue weighted by Gasteiger charge is 2.55. The smallest absolute Gasteiger partial charge is 0.116 e. The second-order valence-corrected chi connectivity index (χ2v) is 12.4. The Labute approximate surface area is 296 Å². The van der Waals surface area contributed by atoms with Crippen LogP contribution in [0.4, 0.5) is 0 Å². The first kappa shape index (κ1) is 35.4. The molecule has 0 heterocycles. The fraction of sp³-hybridized carbons (Fsp3) is 0.273. The van der Waals surface area contributed by atoms with Gasteiger partial charge in [0.1, 0.15) is 36.6 Å². The molecule has 1 fully saturated rings. The summed E-state index contributed by atoms with van der Waals surface area (Å²) >= 11 is 0. The van der Waals surface area contributed by atoms with Crippen LogP contribution in [0.2, 0.25) is 0 Å². The summed E-state index contributed by atoms with van der Waals surface area (Å²) in [6, 6.07) is 50.7. The molecule has 0 radical (unpaired) electrons. The van der Waals surface area contributed by atoms with Crippen LogP contribution in [0.5, 0.6) is 0 Å². The van der Waals surface area contributed by atoms with Gasteiger partial charge in [-0.2, -0.15) is 0 Å². The lowest BCUT2D eigenvalue weighted by molar-refractivity contribution is -0.289. The van der Waals surface area contributed by atoms with Gasteiger partial charge in [-0.25, -0.2) is 0 Å². The van der Waals surface area contributed by atoms with Crippen molar-refractivity contribution in [2.24, 2.45) is 0 Å². The highest BCUT2D eigenvalue weighted by Crippen LogP contribution is 2.36. The average Bonchev–Trinajstić information content (AvgIpc) is 3.18. The molecule has 1 aliphatic rings. The minimum atomic E-state index is -0.576. The van der Waals surface area contributed by atoms with Crippen LogP contribution in [-0.2, 0) is 61.5 Å². The van der Waals surface area contributed by atoms with E-state index in [1.54, 1.807) is 6.08 Å². The Balaban J connectivity index is 1.40. The monoisotopic (exact) mass is 670 g/mol. The Morgan fingerprint density at radius 3 is 0.720 bits per heavy atom. The lowest BCUT2D eigenvalue weighted by Gasteiger charge is -2.49. The van der Waals surface area contributed by atoms with Crippen molar-refractivity contribution in [3.8, 4) is 0 Å². The van der Waals surface area contributed by atoms with Crippen molar-refractivity contribution in [3.05, 3.63) is 192 Å². The molecule has 50 heavy (non-hydrogen) atoms. The van der Waals surface area contributed by atoms with Gasteiger partial charge in [-0.05, 0) is 27.8 Å². The van der Waals surface area contributed by atoms with Crippen molar-refractivity contribution in [1.29, 1.82) is 0 Å². The van der Waals surface area contributed by atoms with Gasteiger partial charge in [0.15, 0.2) is 0 Å². The minimum Gasteiger partial charge on any atom is -0.369 e. The average molecular weight is 671 g/mol. The SMILES string of the molecule is C=CCO[C@H]1C(OCc2ccccc2)C(OCc2ccccc2)[C@H](OCc2ccccc2)C(OCc2ccccc2)C1OCc1ccccc1. The summed E-state index contributed by atoms with van der Waals surface area (Å²) in [7, 11) is 0. The van der Waals surface area contributed by atoms with E-state index in [0.29, 0.717) is 39.6 Å². The topological polar surface area (TPSA) is 55.4 Å². The van der Waals surface area contributed by atoms with Crippen LogP contribution in [0.15, 0.2) is 164 Å². The molecular formula is C44H46O6. The fourth-order valence-electron chi connectivity index (χ4n) is 6.27. The van der Waals surface area contributed by atoms with Crippen LogP contribution in [0.3, 0.4) is 0 Å². The van der Waals surface area contributed by atoms with E-state index in [1.807, 2.05) is 91.0 Å². The van der Waals surface area contributed by atoms with Crippen LogP contribution < -0.4 is 0 Å². The largest absolute Gasteiger partial charge is 0.369 e. The third-order valence-electron chi connectivity index (χ3n) is 8.78. The normalized spacial score (nSPS) is 21.8. The van der Waals surface area contributed by atoms with Gasteiger partial charge in [0.2, 0.25) is 0 Å². The predicted molar refractivity (Wildman–Crippen MR) is 195 cm³/mol. The maximum atomic E-state index is 6.90. The number of rotatable bonds is 18. The second kappa shape index (κ2) is 19.1. The van der Waals surface area contributed by atoms with Gasteiger partial charge in [0.25, 0.3) is 0 Å². The first-order chi connectivity index (χ1) is 24.8. The molecule has 258 valence electrons. The number of ether oxygens (including phenoxy) is 6. The van der Waals surface area contributed by atoms with Crippen molar-refractivity contribution in [1.82, 2.24) is 0 Å². The van der Waals surface area contributed by atoms with Gasteiger partial charge >= 0.3 is 0 Å². The van der Waals surface area contributed by atoms with Crippen LogP contribution in [0.1, 0.15) is 27.8 Å². The summed E-state index contributed by atoms with van der Waals surface area (Å²) in [5.74, 6) is 0. The highest BCUT2D eigenvalue weighted by atomic mass is 16.6. The molecule has 6 heteroatoms. The Morgan fingerprint density at radius 2 is 0.520 bits per heavy atom. The molecule has 0 amide bonds. The predicted octanol–water partition coefficient (Wildman–Crippen LogP) is 8.50. The van der Waals surface area contributed by atoms with Crippen molar-refractivity contribution in [2.45, 2.75) is 69.7 Å².